The summed E-state index contributed by atoms with van der Waals surface area (Å²) in [5.41, 5.74) is 16.7. The molecule has 0 bridgehead atoms. The Kier molecular flexibility index (Phi) is 11.1. The largest absolute Gasteiger partial charge is 0.321 e. The molecule has 2 aromatic heterocycles. The van der Waals surface area contributed by atoms with Crippen LogP contribution in [-0.2, 0) is 27.1 Å². The summed E-state index contributed by atoms with van der Waals surface area (Å²) >= 11 is 0. The van der Waals surface area contributed by atoms with Crippen molar-refractivity contribution in [2.75, 3.05) is 16.5 Å². The first-order chi connectivity index (χ1) is 32.7. The van der Waals surface area contributed by atoms with Crippen molar-refractivity contribution in [3.8, 4) is 5.82 Å². The monoisotopic (exact) mass is 905 g/mol. The minimum absolute atomic E-state index is 0.00748. The van der Waals surface area contributed by atoms with Crippen LogP contribution in [0.3, 0.4) is 0 Å². The first-order valence-corrected chi connectivity index (χ1v) is 24.8. The van der Waals surface area contributed by atoms with Crippen LogP contribution < -0.4 is 9.80 Å². The Morgan fingerprint density at radius 1 is 0.348 bits per heavy atom. The number of pyridine rings is 1. The molecule has 1 aliphatic rings. The molecule has 0 aliphatic carbocycles. The topological polar surface area (TPSA) is 24.3 Å². The van der Waals surface area contributed by atoms with E-state index in [2.05, 4.69) is 273 Å². The van der Waals surface area contributed by atoms with Crippen molar-refractivity contribution in [1.82, 2.24) is 9.55 Å². The van der Waals surface area contributed by atoms with E-state index in [1.165, 1.54) is 89.1 Å². The molecule has 348 valence electrons. The predicted molar refractivity (Wildman–Crippen MR) is 294 cm³/mol. The van der Waals surface area contributed by atoms with Crippen LogP contribution in [0.2, 0.25) is 0 Å². The standard InChI is InChI=1S/C65H68N4/c1-61(2,3)46-31-33-56-55(40-46)54-32-30-49(41-59(54)69(56)60-42-47(34-35-66-60)62(4,5)6)65(11,12)48-26-21-27-52(37-48)67-43-68(58-29-20-19-28-57(58)67)53-38-50(63(7,8)44-22-15-13-16-23-44)36-51(39-53)64(9,10)45-24-17-14-18-25-45/h13-42H,43H2,1-12H3. The van der Waals surface area contributed by atoms with Crippen LogP contribution >= 0.6 is 0 Å². The third-order valence-corrected chi connectivity index (χ3v) is 15.5. The van der Waals surface area contributed by atoms with Crippen molar-refractivity contribution >= 4 is 44.6 Å². The van der Waals surface area contributed by atoms with Crippen LogP contribution in [0.1, 0.15) is 128 Å². The quantitative estimate of drug-likeness (QED) is 0.144. The molecule has 0 atom stereocenters. The molecule has 0 N–H and O–H groups in total. The minimum Gasteiger partial charge on any atom is -0.321 e. The van der Waals surface area contributed by atoms with Crippen molar-refractivity contribution in [3.63, 3.8) is 0 Å². The summed E-state index contributed by atoms with van der Waals surface area (Å²) in [5.74, 6) is 0.949. The molecule has 4 heteroatoms. The lowest BCUT2D eigenvalue weighted by atomic mass is 9.73. The Balaban J connectivity index is 1.06. The average Bonchev–Trinajstić information content (AvgIpc) is 3.90. The van der Waals surface area contributed by atoms with Crippen molar-refractivity contribution in [2.24, 2.45) is 0 Å². The van der Waals surface area contributed by atoms with Gasteiger partial charge in [0.2, 0.25) is 0 Å². The smallest absolute Gasteiger partial charge is 0.137 e. The SMILES string of the molecule is CC(C)(C)c1ccnc(-n2c3ccc(C(C)(C)C)cc3c3ccc(C(C)(C)c4cccc(N5CN(c6cc(C(C)(C)c7ccccc7)cc(C(C)(C)c7ccccc7)c6)c6ccccc65)c4)cc32)c1. The Hall–Kier alpha value is -6.91. The molecule has 0 fully saturated rings. The van der Waals surface area contributed by atoms with Crippen molar-refractivity contribution in [3.05, 3.63) is 227 Å². The van der Waals surface area contributed by atoms with Gasteiger partial charge in [-0.1, -0.05) is 192 Å². The number of benzene rings is 7. The molecule has 0 unspecified atom stereocenters. The molecular weight excluding hydrogens is 837 g/mol. The Labute approximate surface area is 411 Å². The Morgan fingerprint density at radius 3 is 1.43 bits per heavy atom. The molecule has 3 heterocycles. The fraction of sp³-hybridized carbons (Fsp3) is 0.277. The van der Waals surface area contributed by atoms with Gasteiger partial charge < -0.3 is 9.80 Å². The number of aromatic nitrogens is 2. The highest BCUT2D eigenvalue weighted by Crippen LogP contribution is 2.48. The maximum Gasteiger partial charge on any atom is 0.137 e. The van der Waals surface area contributed by atoms with E-state index in [0.29, 0.717) is 6.67 Å². The third kappa shape index (κ3) is 8.12. The fourth-order valence-electron chi connectivity index (χ4n) is 10.5. The molecule has 69 heavy (non-hydrogen) atoms. The van der Waals surface area contributed by atoms with Gasteiger partial charge in [-0.15, -0.1) is 0 Å². The van der Waals surface area contributed by atoms with Crippen LogP contribution in [0.25, 0.3) is 27.6 Å². The summed E-state index contributed by atoms with van der Waals surface area (Å²) in [5, 5.41) is 2.50. The zero-order valence-electron chi connectivity index (χ0n) is 42.8. The zero-order chi connectivity index (χ0) is 48.7. The maximum atomic E-state index is 5.03. The van der Waals surface area contributed by atoms with Gasteiger partial charge >= 0.3 is 0 Å². The van der Waals surface area contributed by atoms with Gasteiger partial charge in [-0.25, -0.2) is 4.98 Å². The molecular formula is C65H68N4. The summed E-state index contributed by atoms with van der Waals surface area (Å²) < 4.78 is 2.39. The number of para-hydroxylation sites is 2. The highest BCUT2D eigenvalue weighted by molar-refractivity contribution is 6.09. The number of rotatable bonds is 9. The fourth-order valence-corrected chi connectivity index (χ4v) is 10.5. The van der Waals surface area contributed by atoms with Gasteiger partial charge in [0.25, 0.3) is 0 Å². The number of hydrogen-bond donors (Lipinski definition) is 0. The van der Waals surface area contributed by atoms with E-state index in [4.69, 9.17) is 4.98 Å². The van der Waals surface area contributed by atoms with Gasteiger partial charge in [-0.3, -0.25) is 4.57 Å². The van der Waals surface area contributed by atoms with E-state index in [1.807, 2.05) is 6.20 Å². The average molecular weight is 905 g/mol. The van der Waals surface area contributed by atoms with Gasteiger partial charge in [0.1, 0.15) is 12.5 Å². The highest BCUT2D eigenvalue weighted by atomic mass is 15.4. The first-order valence-electron chi connectivity index (χ1n) is 24.8. The number of nitrogens with zero attached hydrogens (tertiary/aromatic N) is 4. The van der Waals surface area contributed by atoms with Crippen LogP contribution in [0.5, 0.6) is 0 Å². The molecule has 10 rings (SSSR count). The summed E-state index contributed by atoms with van der Waals surface area (Å²) in [6, 6.07) is 66.0. The molecule has 0 spiro atoms. The Morgan fingerprint density at radius 2 is 0.841 bits per heavy atom. The molecule has 1 aliphatic heterocycles. The second kappa shape index (κ2) is 16.7. The van der Waals surface area contributed by atoms with Gasteiger partial charge in [0.05, 0.1) is 22.4 Å². The van der Waals surface area contributed by atoms with Crippen LogP contribution in [0.4, 0.5) is 22.7 Å². The van der Waals surface area contributed by atoms with Crippen molar-refractivity contribution in [1.29, 1.82) is 0 Å². The Bertz CT molecular complexity index is 3290. The van der Waals surface area contributed by atoms with E-state index in [9.17, 15) is 0 Å². The third-order valence-electron chi connectivity index (χ3n) is 15.5. The summed E-state index contributed by atoms with van der Waals surface area (Å²) in [6.45, 7) is 28.6. The lowest BCUT2D eigenvalue weighted by molar-refractivity contribution is 0.588. The molecule has 4 nitrogen and oxygen atoms in total. The summed E-state index contributed by atoms with van der Waals surface area (Å²) in [6.07, 6.45) is 1.97. The molecule has 0 radical (unpaired) electrons. The number of hydrogen-bond acceptors (Lipinski definition) is 3. The van der Waals surface area contributed by atoms with Gasteiger partial charge in [0.15, 0.2) is 0 Å². The highest BCUT2D eigenvalue weighted by Gasteiger charge is 2.34. The molecule has 9 aromatic rings. The number of anilines is 4. The molecule has 0 saturated heterocycles. The lowest BCUT2D eigenvalue weighted by Gasteiger charge is -2.33. The predicted octanol–water partition coefficient (Wildman–Crippen LogP) is 17.0. The summed E-state index contributed by atoms with van der Waals surface area (Å²) in [4.78, 5) is 10.0. The van der Waals surface area contributed by atoms with Gasteiger partial charge in [-0.2, -0.15) is 0 Å². The van der Waals surface area contributed by atoms with Crippen molar-refractivity contribution < 1.29 is 0 Å². The number of fused-ring (bicyclic) bond motifs is 4. The maximum absolute atomic E-state index is 5.03. The second-order valence-electron chi connectivity index (χ2n) is 23.1. The first kappa shape index (κ1) is 45.9. The molecule has 7 aromatic carbocycles. The van der Waals surface area contributed by atoms with E-state index in [-0.39, 0.29) is 27.1 Å². The normalized spacial score (nSPS) is 13.7. The van der Waals surface area contributed by atoms with Crippen LogP contribution in [-0.4, -0.2) is 16.2 Å². The summed E-state index contributed by atoms with van der Waals surface area (Å²) in [7, 11) is 0. The zero-order valence-corrected chi connectivity index (χ0v) is 42.8. The minimum atomic E-state index is -0.322. The van der Waals surface area contributed by atoms with Crippen LogP contribution in [0, 0.1) is 0 Å². The molecule has 0 amide bonds. The van der Waals surface area contributed by atoms with Gasteiger partial charge in [-0.05, 0) is 122 Å². The van der Waals surface area contributed by atoms with E-state index in [0.717, 1.165) is 5.82 Å². The van der Waals surface area contributed by atoms with Crippen molar-refractivity contribution in [2.45, 2.75) is 110 Å². The van der Waals surface area contributed by atoms with Crippen LogP contribution in [0.15, 0.2) is 182 Å². The van der Waals surface area contributed by atoms with E-state index >= 15 is 0 Å². The second-order valence-corrected chi connectivity index (χ2v) is 23.1. The molecule has 0 saturated carbocycles. The lowest BCUT2D eigenvalue weighted by Crippen LogP contribution is -2.27. The van der Waals surface area contributed by atoms with E-state index < -0.39 is 0 Å². The van der Waals surface area contributed by atoms with Gasteiger partial charge in [0, 0.05) is 44.6 Å². The van der Waals surface area contributed by atoms with E-state index in [1.54, 1.807) is 0 Å².